The van der Waals surface area contributed by atoms with E-state index in [4.69, 9.17) is 0 Å². The van der Waals surface area contributed by atoms with Gasteiger partial charge in [-0.15, -0.1) is 0 Å². The standard InChI is InChI=1S/C14H19N3O3/c1-3-14(7-8-14)9-16-13(18)10-5-4-6-11(15-2)12(10)17(19)20/h4-6,15H,3,7-9H2,1-2H3,(H,16,18). The van der Waals surface area contributed by atoms with Crippen molar-refractivity contribution in [2.75, 3.05) is 18.9 Å². The molecule has 1 fully saturated rings. The van der Waals surface area contributed by atoms with Gasteiger partial charge in [-0.25, -0.2) is 0 Å². The molecule has 1 amide bonds. The number of hydrogen-bond donors (Lipinski definition) is 2. The van der Waals surface area contributed by atoms with Crippen LogP contribution in [0.3, 0.4) is 0 Å². The fraction of sp³-hybridized carbons (Fsp3) is 0.500. The summed E-state index contributed by atoms with van der Waals surface area (Å²) < 4.78 is 0. The number of para-hydroxylation sites is 1. The molecule has 0 saturated heterocycles. The molecule has 0 heterocycles. The van der Waals surface area contributed by atoms with E-state index in [0.29, 0.717) is 12.2 Å². The molecule has 1 aliphatic rings. The molecular formula is C14H19N3O3. The smallest absolute Gasteiger partial charge is 0.305 e. The number of carbonyl (C=O) groups excluding carboxylic acids is 1. The highest BCUT2D eigenvalue weighted by Gasteiger charge is 2.41. The monoisotopic (exact) mass is 277 g/mol. The molecule has 2 rings (SSSR count). The Balaban J connectivity index is 2.19. The fourth-order valence-electron chi connectivity index (χ4n) is 2.32. The quantitative estimate of drug-likeness (QED) is 0.618. The molecule has 6 nitrogen and oxygen atoms in total. The zero-order chi connectivity index (χ0) is 14.8. The molecule has 0 radical (unpaired) electrons. The van der Waals surface area contributed by atoms with Crippen LogP contribution in [0.5, 0.6) is 0 Å². The number of benzene rings is 1. The first-order chi connectivity index (χ1) is 9.53. The highest BCUT2D eigenvalue weighted by Crippen LogP contribution is 2.47. The predicted octanol–water partition coefficient (Wildman–Crippen LogP) is 2.56. The molecule has 1 saturated carbocycles. The van der Waals surface area contributed by atoms with Crippen molar-refractivity contribution in [3.63, 3.8) is 0 Å². The molecule has 0 aliphatic heterocycles. The van der Waals surface area contributed by atoms with Gasteiger partial charge in [0.15, 0.2) is 0 Å². The predicted molar refractivity (Wildman–Crippen MR) is 76.9 cm³/mol. The minimum Gasteiger partial charge on any atom is -0.383 e. The van der Waals surface area contributed by atoms with Crippen molar-refractivity contribution in [3.8, 4) is 0 Å². The minimum atomic E-state index is -0.520. The van der Waals surface area contributed by atoms with Crippen molar-refractivity contribution < 1.29 is 9.72 Å². The van der Waals surface area contributed by atoms with E-state index in [2.05, 4.69) is 17.6 Å². The van der Waals surface area contributed by atoms with Crippen molar-refractivity contribution in [3.05, 3.63) is 33.9 Å². The highest BCUT2D eigenvalue weighted by molar-refractivity contribution is 6.00. The molecule has 0 unspecified atom stereocenters. The Morgan fingerprint density at radius 1 is 1.45 bits per heavy atom. The van der Waals surface area contributed by atoms with E-state index in [1.54, 1.807) is 19.2 Å². The molecule has 0 atom stereocenters. The zero-order valence-corrected chi connectivity index (χ0v) is 11.7. The lowest BCUT2D eigenvalue weighted by atomic mass is 10.0. The van der Waals surface area contributed by atoms with E-state index in [0.717, 1.165) is 19.3 Å². The van der Waals surface area contributed by atoms with Gasteiger partial charge in [-0.2, -0.15) is 0 Å². The summed E-state index contributed by atoms with van der Waals surface area (Å²) in [6.45, 7) is 2.69. The first-order valence-corrected chi connectivity index (χ1v) is 6.76. The third kappa shape index (κ3) is 2.74. The van der Waals surface area contributed by atoms with Gasteiger partial charge in [0.25, 0.3) is 5.91 Å². The van der Waals surface area contributed by atoms with Crippen molar-refractivity contribution in [2.45, 2.75) is 26.2 Å². The van der Waals surface area contributed by atoms with Gasteiger partial charge in [0.05, 0.1) is 4.92 Å². The van der Waals surface area contributed by atoms with Crippen LogP contribution in [0.1, 0.15) is 36.5 Å². The van der Waals surface area contributed by atoms with Crippen LogP contribution < -0.4 is 10.6 Å². The Morgan fingerprint density at radius 2 is 2.15 bits per heavy atom. The summed E-state index contributed by atoms with van der Waals surface area (Å²) in [4.78, 5) is 22.8. The molecule has 6 heteroatoms. The topological polar surface area (TPSA) is 84.3 Å². The molecule has 1 aliphatic carbocycles. The van der Waals surface area contributed by atoms with Gasteiger partial charge < -0.3 is 10.6 Å². The van der Waals surface area contributed by atoms with Gasteiger partial charge in [-0.05, 0) is 36.8 Å². The molecule has 0 spiro atoms. The van der Waals surface area contributed by atoms with Gasteiger partial charge in [0, 0.05) is 13.6 Å². The van der Waals surface area contributed by atoms with Gasteiger partial charge in [-0.1, -0.05) is 13.0 Å². The van der Waals surface area contributed by atoms with Crippen LogP contribution in [0, 0.1) is 15.5 Å². The molecule has 1 aromatic carbocycles. The maximum Gasteiger partial charge on any atom is 0.305 e. The Labute approximate surface area is 117 Å². The number of hydrogen-bond acceptors (Lipinski definition) is 4. The maximum atomic E-state index is 12.2. The summed E-state index contributed by atoms with van der Waals surface area (Å²) in [6.07, 6.45) is 3.25. The van der Waals surface area contributed by atoms with Crippen molar-refractivity contribution in [1.82, 2.24) is 5.32 Å². The molecule has 0 aromatic heterocycles. The van der Waals surface area contributed by atoms with E-state index in [1.807, 2.05) is 0 Å². The molecule has 20 heavy (non-hydrogen) atoms. The normalized spacial score (nSPS) is 15.5. The number of anilines is 1. The summed E-state index contributed by atoms with van der Waals surface area (Å²) >= 11 is 0. The van der Waals surface area contributed by atoms with E-state index >= 15 is 0 Å². The van der Waals surface area contributed by atoms with Crippen LogP contribution in [0.15, 0.2) is 18.2 Å². The summed E-state index contributed by atoms with van der Waals surface area (Å²) in [5, 5.41) is 16.7. The first-order valence-electron chi connectivity index (χ1n) is 6.76. The average molecular weight is 277 g/mol. The summed E-state index contributed by atoms with van der Waals surface area (Å²) in [6, 6.07) is 4.71. The molecular weight excluding hydrogens is 258 g/mol. The number of amides is 1. The lowest BCUT2D eigenvalue weighted by Crippen LogP contribution is -2.30. The second-order valence-electron chi connectivity index (χ2n) is 5.25. The van der Waals surface area contributed by atoms with E-state index in [1.165, 1.54) is 6.07 Å². The zero-order valence-electron chi connectivity index (χ0n) is 11.7. The second kappa shape index (κ2) is 5.48. The van der Waals surface area contributed by atoms with Crippen molar-refractivity contribution >= 4 is 17.3 Å². The maximum absolute atomic E-state index is 12.2. The molecule has 108 valence electrons. The summed E-state index contributed by atoms with van der Waals surface area (Å²) in [5.74, 6) is -0.381. The Kier molecular flexibility index (Phi) is 3.92. The van der Waals surface area contributed by atoms with Gasteiger partial charge in [-0.3, -0.25) is 14.9 Å². The number of nitro benzene ring substituents is 1. The first kappa shape index (κ1) is 14.3. The van der Waals surface area contributed by atoms with E-state index in [-0.39, 0.29) is 22.6 Å². The second-order valence-corrected chi connectivity index (χ2v) is 5.25. The number of nitrogens with zero attached hydrogens (tertiary/aromatic N) is 1. The lowest BCUT2D eigenvalue weighted by molar-refractivity contribution is -0.384. The Bertz CT molecular complexity index is 538. The van der Waals surface area contributed by atoms with Crippen LogP contribution in [0.25, 0.3) is 0 Å². The van der Waals surface area contributed by atoms with Crippen LogP contribution in [0.2, 0.25) is 0 Å². The summed E-state index contributed by atoms with van der Waals surface area (Å²) in [5.41, 5.74) is 0.493. The SMILES string of the molecule is CCC1(CNC(=O)c2cccc(NC)c2[N+](=O)[O-])CC1. The largest absolute Gasteiger partial charge is 0.383 e. The number of nitrogens with one attached hydrogen (secondary N) is 2. The minimum absolute atomic E-state index is 0.105. The van der Waals surface area contributed by atoms with E-state index < -0.39 is 4.92 Å². The van der Waals surface area contributed by atoms with Gasteiger partial charge in [0.2, 0.25) is 0 Å². The number of carbonyl (C=O) groups is 1. The van der Waals surface area contributed by atoms with Crippen LogP contribution in [0.4, 0.5) is 11.4 Å². The summed E-state index contributed by atoms with van der Waals surface area (Å²) in [7, 11) is 1.60. The third-order valence-electron chi connectivity index (χ3n) is 4.06. The van der Waals surface area contributed by atoms with Gasteiger partial charge >= 0.3 is 5.69 Å². The Morgan fingerprint density at radius 3 is 2.65 bits per heavy atom. The molecule has 2 N–H and O–H groups in total. The van der Waals surface area contributed by atoms with Crippen molar-refractivity contribution in [1.29, 1.82) is 0 Å². The van der Waals surface area contributed by atoms with Gasteiger partial charge in [0.1, 0.15) is 11.3 Å². The Hall–Kier alpha value is -2.11. The number of rotatable bonds is 6. The lowest BCUT2D eigenvalue weighted by Gasteiger charge is -2.14. The fourth-order valence-corrected chi connectivity index (χ4v) is 2.32. The van der Waals surface area contributed by atoms with Crippen LogP contribution in [-0.2, 0) is 0 Å². The third-order valence-corrected chi connectivity index (χ3v) is 4.06. The molecule has 1 aromatic rings. The highest BCUT2D eigenvalue weighted by atomic mass is 16.6. The average Bonchev–Trinajstić information content (AvgIpc) is 3.24. The van der Waals surface area contributed by atoms with E-state index in [9.17, 15) is 14.9 Å². The van der Waals surface area contributed by atoms with Crippen LogP contribution >= 0.6 is 0 Å². The number of nitro groups is 1. The van der Waals surface area contributed by atoms with Crippen molar-refractivity contribution in [2.24, 2.45) is 5.41 Å². The van der Waals surface area contributed by atoms with Crippen LogP contribution in [-0.4, -0.2) is 24.4 Å². The molecule has 0 bridgehead atoms.